The largest absolute Gasteiger partial charge is 0.345 e. The van der Waals surface area contributed by atoms with Crippen molar-refractivity contribution in [3.05, 3.63) is 54.1 Å². The van der Waals surface area contributed by atoms with E-state index in [0.717, 1.165) is 0 Å². The Bertz CT molecular complexity index is 997. The lowest BCUT2D eigenvalue weighted by Crippen LogP contribution is -2.35. The summed E-state index contributed by atoms with van der Waals surface area (Å²) in [5.74, 6) is -0.808. The quantitative estimate of drug-likeness (QED) is 0.520. The third-order valence-corrected chi connectivity index (χ3v) is 5.70. The van der Waals surface area contributed by atoms with E-state index in [-0.39, 0.29) is 30.0 Å². The second-order valence-corrected chi connectivity index (χ2v) is 9.74. The van der Waals surface area contributed by atoms with Gasteiger partial charge in [0.05, 0.1) is 17.4 Å². The summed E-state index contributed by atoms with van der Waals surface area (Å²) in [6.07, 6.45) is 0. The van der Waals surface area contributed by atoms with Crippen molar-refractivity contribution in [3.8, 4) is 0 Å². The summed E-state index contributed by atoms with van der Waals surface area (Å²) in [4.78, 5) is 49.1. The first-order chi connectivity index (χ1) is 15.0. The highest BCUT2D eigenvalue weighted by Gasteiger charge is 2.23. The molecule has 0 heterocycles. The van der Waals surface area contributed by atoms with E-state index >= 15 is 0 Å². The van der Waals surface area contributed by atoms with Crippen molar-refractivity contribution >= 4 is 46.6 Å². The molecular weight excluding hydrogens is 426 g/mol. The minimum atomic E-state index is -0.533. The molecular formula is C24H29N3O4S. The summed E-state index contributed by atoms with van der Waals surface area (Å²) in [5, 5.41) is 7.70. The Morgan fingerprint density at radius 1 is 0.906 bits per heavy atom. The van der Waals surface area contributed by atoms with E-state index in [4.69, 9.17) is 0 Å². The van der Waals surface area contributed by atoms with Gasteiger partial charge in [-0.3, -0.25) is 19.2 Å². The monoisotopic (exact) mass is 455 g/mol. The maximum atomic E-state index is 12.6. The topological polar surface area (TPSA) is 104 Å². The lowest BCUT2D eigenvalue weighted by Gasteiger charge is -2.18. The van der Waals surface area contributed by atoms with Crippen molar-refractivity contribution in [1.82, 2.24) is 5.32 Å². The Morgan fingerprint density at radius 2 is 1.47 bits per heavy atom. The second kappa shape index (κ2) is 10.9. The summed E-state index contributed by atoms with van der Waals surface area (Å²) < 4.78 is 0. The normalized spacial score (nSPS) is 11.9. The van der Waals surface area contributed by atoms with Gasteiger partial charge in [-0.05, 0) is 43.3 Å². The van der Waals surface area contributed by atoms with Gasteiger partial charge in [0, 0.05) is 28.6 Å². The van der Waals surface area contributed by atoms with Crippen molar-refractivity contribution < 1.29 is 19.2 Å². The van der Waals surface area contributed by atoms with Gasteiger partial charge in [-0.1, -0.05) is 32.9 Å². The van der Waals surface area contributed by atoms with E-state index in [0.29, 0.717) is 21.8 Å². The number of hydrogen-bond donors (Lipinski definition) is 3. The molecule has 2 rings (SSSR count). The van der Waals surface area contributed by atoms with Crippen LogP contribution >= 0.6 is 11.8 Å². The molecule has 0 aliphatic carbocycles. The molecule has 8 heteroatoms. The van der Waals surface area contributed by atoms with Crippen molar-refractivity contribution in [2.24, 2.45) is 5.41 Å². The molecule has 0 spiro atoms. The van der Waals surface area contributed by atoms with Gasteiger partial charge in [0.15, 0.2) is 5.78 Å². The molecule has 0 aliphatic heterocycles. The van der Waals surface area contributed by atoms with Crippen molar-refractivity contribution in [2.75, 3.05) is 17.2 Å². The zero-order chi connectivity index (χ0) is 23.9. The lowest BCUT2D eigenvalue weighted by atomic mass is 9.91. The van der Waals surface area contributed by atoms with Crippen LogP contribution in [-0.2, 0) is 14.4 Å². The first-order valence-electron chi connectivity index (χ1n) is 10.2. The minimum Gasteiger partial charge on any atom is -0.345 e. The predicted octanol–water partition coefficient (Wildman–Crippen LogP) is 4.11. The molecule has 0 radical (unpaired) electrons. The number of hydrogen-bond acceptors (Lipinski definition) is 5. The molecule has 3 amide bonds. The number of ketones is 1. The zero-order valence-corrected chi connectivity index (χ0v) is 19.8. The molecule has 7 nitrogen and oxygen atoms in total. The molecule has 0 aliphatic rings. The predicted molar refractivity (Wildman–Crippen MR) is 128 cm³/mol. The molecule has 170 valence electrons. The molecule has 2 aromatic rings. The number of benzene rings is 2. The number of thioether (sulfide) groups is 1. The van der Waals surface area contributed by atoms with E-state index in [1.807, 2.05) is 0 Å². The van der Waals surface area contributed by atoms with Gasteiger partial charge in [-0.25, -0.2) is 0 Å². The molecule has 3 N–H and O–H groups in total. The van der Waals surface area contributed by atoms with Crippen molar-refractivity contribution in [3.63, 3.8) is 0 Å². The van der Waals surface area contributed by atoms with Gasteiger partial charge in [0.2, 0.25) is 11.8 Å². The van der Waals surface area contributed by atoms with Crippen LogP contribution in [0.3, 0.4) is 0 Å². The first kappa shape index (κ1) is 25.1. The maximum absolute atomic E-state index is 12.6. The molecule has 0 saturated heterocycles. The fourth-order valence-corrected chi connectivity index (χ4v) is 3.60. The Hall–Kier alpha value is -3.13. The molecule has 1 atom stereocenters. The van der Waals surface area contributed by atoms with Crippen LogP contribution < -0.4 is 16.0 Å². The van der Waals surface area contributed by atoms with Crippen LogP contribution in [0.2, 0.25) is 0 Å². The molecule has 0 fully saturated rings. The number of carbonyl (C=O) groups is 4. The van der Waals surface area contributed by atoms with Crippen LogP contribution in [0, 0.1) is 5.41 Å². The zero-order valence-electron chi connectivity index (χ0n) is 18.9. The number of Topliss-reactive ketones (excluding diaryl/α,β-unsaturated/α-hetero) is 1. The van der Waals surface area contributed by atoms with Crippen molar-refractivity contribution in [1.29, 1.82) is 0 Å². The van der Waals surface area contributed by atoms with Gasteiger partial charge in [-0.15, -0.1) is 11.8 Å². The third kappa shape index (κ3) is 7.53. The van der Waals surface area contributed by atoms with Crippen LogP contribution in [0.1, 0.15) is 45.0 Å². The highest BCUT2D eigenvalue weighted by molar-refractivity contribution is 8.00. The molecule has 0 bridgehead atoms. The van der Waals surface area contributed by atoms with Crippen LogP contribution in [0.5, 0.6) is 0 Å². The first-order valence-corrected chi connectivity index (χ1v) is 11.1. The van der Waals surface area contributed by atoms with Gasteiger partial charge >= 0.3 is 0 Å². The second-order valence-electron chi connectivity index (χ2n) is 8.36. The number of anilines is 2. The molecule has 1 unspecified atom stereocenters. The Kier molecular flexibility index (Phi) is 8.60. The minimum absolute atomic E-state index is 0.0497. The van der Waals surface area contributed by atoms with E-state index < -0.39 is 10.7 Å². The summed E-state index contributed by atoms with van der Waals surface area (Å²) in [6.45, 7) is 8.54. The van der Waals surface area contributed by atoms with Gasteiger partial charge in [0.25, 0.3) is 5.91 Å². The Labute approximate surface area is 192 Å². The number of amides is 3. The Balaban J connectivity index is 2.01. The fraction of sp³-hybridized carbons (Fsp3) is 0.333. The van der Waals surface area contributed by atoms with Gasteiger partial charge in [-0.2, -0.15) is 0 Å². The summed E-state index contributed by atoms with van der Waals surface area (Å²) in [7, 11) is 0. The highest BCUT2D eigenvalue weighted by atomic mass is 32.2. The molecule has 2 aromatic carbocycles. The SMILES string of the molecule is CC(=O)Nc1ccc(NC(=O)C(C)Sc2ccccc2C(=O)NCC(=O)C(C)(C)C)cc1. The molecule has 0 aromatic heterocycles. The molecule has 32 heavy (non-hydrogen) atoms. The van der Waals surface area contributed by atoms with Gasteiger partial charge < -0.3 is 16.0 Å². The van der Waals surface area contributed by atoms with E-state index in [1.54, 1.807) is 76.2 Å². The number of carbonyl (C=O) groups excluding carboxylic acids is 4. The van der Waals surface area contributed by atoms with Gasteiger partial charge in [0.1, 0.15) is 0 Å². The van der Waals surface area contributed by atoms with E-state index in [1.165, 1.54) is 18.7 Å². The lowest BCUT2D eigenvalue weighted by molar-refractivity contribution is -0.125. The van der Waals surface area contributed by atoms with Crippen LogP contribution in [0.25, 0.3) is 0 Å². The average Bonchev–Trinajstić information content (AvgIpc) is 2.72. The van der Waals surface area contributed by atoms with Crippen molar-refractivity contribution in [2.45, 2.75) is 44.8 Å². The van der Waals surface area contributed by atoms with E-state index in [2.05, 4.69) is 16.0 Å². The number of rotatable bonds is 8. The standard InChI is InChI=1S/C24H29N3O4S/c1-15(22(30)27-18-12-10-17(11-13-18)26-16(2)28)32-20-9-7-6-8-19(20)23(31)25-14-21(29)24(3,4)5/h6-13,15H,14H2,1-5H3,(H,25,31)(H,26,28)(H,27,30). The Morgan fingerprint density at radius 3 is 2.03 bits per heavy atom. The summed E-state index contributed by atoms with van der Waals surface area (Å²) >= 11 is 1.26. The fourth-order valence-electron chi connectivity index (χ4n) is 2.61. The van der Waals surface area contributed by atoms with Crippen LogP contribution in [0.4, 0.5) is 11.4 Å². The van der Waals surface area contributed by atoms with E-state index in [9.17, 15) is 19.2 Å². The average molecular weight is 456 g/mol. The third-order valence-electron chi connectivity index (χ3n) is 4.52. The summed E-state index contributed by atoms with van der Waals surface area (Å²) in [5.41, 5.74) is 1.12. The highest BCUT2D eigenvalue weighted by Crippen LogP contribution is 2.28. The van der Waals surface area contributed by atoms with Crippen LogP contribution in [0.15, 0.2) is 53.4 Å². The number of nitrogens with one attached hydrogen (secondary N) is 3. The summed E-state index contributed by atoms with van der Waals surface area (Å²) in [6, 6.07) is 13.8. The smallest absolute Gasteiger partial charge is 0.252 e. The molecule has 0 saturated carbocycles. The maximum Gasteiger partial charge on any atom is 0.252 e. The van der Waals surface area contributed by atoms with Crippen LogP contribution in [-0.4, -0.2) is 35.3 Å².